The molecule has 21 heavy (non-hydrogen) atoms. The van der Waals surface area contributed by atoms with E-state index in [2.05, 4.69) is 24.5 Å². The van der Waals surface area contributed by atoms with Gasteiger partial charge in [-0.05, 0) is 68.8 Å². The second kappa shape index (κ2) is 7.69. The molecule has 0 bridgehead atoms. The Morgan fingerprint density at radius 2 is 1.76 bits per heavy atom. The van der Waals surface area contributed by atoms with Gasteiger partial charge in [0.2, 0.25) is 0 Å². The molecule has 2 rings (SSSR count). The molecule has 0 saturated heterocycles. The quantitative estimate of drug-likeness (QED) is 0.790. The number of rotatable bonds is 8. The lowest BCUT2D eigenvalue weighted by atomic mass is 9.77. The number of hydrogen-bond donors (Lipinski definition) is 1. The summed E-state index contributed by atoms with van der Waals surface area (Å²) >= 11 is 0. The van der Waals surface area contributed by atoms with Crippen LogP contribution in [0.4, 0.5) is 0 Å². The lowest BCUT2D eigenvalue weighted by molar-refractivity contribution is 0.247. The van der Waals surface area contributed by atoms with E-state index in [0.29, 0.717) is 5.41 Å². The number of methoxy groups -OCH3 is 2. The first kappa shape index (κ1) is 16.2. The van der Waals surface area contributed by atoms with Gasteiger partial charge in [-0.2, -0.15) is 0 Å². The number of benzene rings is 1. The third-order valence-electron chi connectivity index (χ3n) is 4.96. The molecule has 0 aromatic heterocycles. The second-order valence-electron chi connectivity index (χ2n) is 6.25. The molecule has 1 saturated carbocycles. The molecule has 0 atom stereocenters. The van der Waals surface area contributed by atoms with Gasteiger partial charge in [0.05, 0.1) is 14.2 Å². The van der Waals surface area contributed by atoms with Crippen LogP contribution in [0.25, 0.3) is 0 Å². The first-order valence-corrected chi connectivity index (χ1v) is 8.08. The van der Waals surface area contributed by atoms with Crippen LogP contribution in [-0.4, -0.2) is 27.8 Å². The van der Waals surface area contributed by atoms with Crippen LogP contribution in [0.2, 0.25) is 0 Å². The van der Waals surface area contributed by atoms with Crippen molar-refractivity contribution in [2.24, 2.45) is 5.41 Å². The number of ether oxygens (including phenoxy) is 2. The molecule has 1 aliphatic carbocycles. The standard InChI is InChI=1S/C18H29NO2/c1-19-13-12-18(9-4-5-10-18)11-8-15-6-7-16(20-2)17(14-15)21-3/h6-7,14,19H,4-5,8-13H2,1-3H3. The van der Waals surface area contributed by atoms with E-state index in [1.54, 1.807) is 14.2 Å². The fourth-order valence-electron chi connectivity index (χ4n) is 3.59. The molecule has 0 amide bonds. The largest absolute Gasteiger partial charge is 0.493 e. The fourth-order valence-corrected chi connectivity index (χ4v) is 3.59. The van der Waals surface area contributed by atoms with E-state index in [1.807, 2.05) is 6.07 Å². The molecule has 1 fully saturated rings. The van der Waals surface area contributed by atoms with E-state index in [0.717, 1.165) is 24.5 Å². The third kappa shape index (κ3) is 4.13. The lowest BCUT2D eigenvalue weighted by Crippen LogP contribution is -2.23. The Morgan fingerprint density at radius 1 is 1.05 bits per heavy atom. The van der Waals surface area contributed by atoms with Gasteiger partial charge in [0, 0.05) is 0 Å². The average Bonchev–Trinajstić information content (AvgIpc) is 3.00. The van der Waals surface area contributed by atoms with Crippen LogP contribution >= 0.6 is 0 Å². The van der Waals surface area contributed by atoms with Gasteiger partial charge in [-0.15, -0.1) is 0 Å². The molecular weight excluding hydrogens is 262 g/mol. The summed E-state index contributed by atoms with van der Waals surface area (Å²) in [6.45, 7) is 1.13. The van der Waals surface area contributed by atoms with Gasteiger partial charge in [-0.3, -0.25) is 0 Å². The topological polar surface area (TPSA) is 30.5 Å². The molecule has 0 spiro atoms. The highest BCUT2D eigenvalue weighted by molar-refractivity contribution is 5.42. The molecule has 0 heterocycles. The maximum atomic E-state index is 5.40. The van der Waals surface area contributed by atoms with Crippen molar-refractivity contribution in [3.63, 3.8) is 0 Å². The van der Waals surface area contributed by atoms with E-state index >= 15 is 0 Å². The van der Waals surface area contributed by atoms with Crippen LogP contribution in [0, 0.1) is 5.41 Å². The summed E-state index contributed by atoms with van der Waals surface area (Å²) in [5, 5.41) is 3.31. The molecule has 1 aromatic rings. The molecule has 1 N–H and O–H groups in total. The summed E-state index contributed by atoms with van der Waals surface area (Å²) in [6, 6.07) is 6.31. The lowest BCUT2D eigenvalue weighted by Gasteiger charge is -2.29. The van der Waals surface area contributed by atoms with Crippen molar-refractivity contribution in [2.75, 3.05) is 27.8 Å². The zero-order chi connectivity index (χ0) is 15.1. The molecule has 1 aromatic carbocycles. The van der Waals surface area contributed by atoms with Crippen molar-refractivity contribution in [2.45, 2.75) is 44.9 Å². The van der Waals surface area contributed by atoms with Crippen LogP contribution in [0.3, 0.4) is 0 Å². The van der Waals surface area contributed by atoms with Crippen molar-refractivity contribution in [3.05, 3.63) is 23.8 Å². The zero-order valence-electron chi connectivity index (χ0n) is 13.7. The maximum Gasteiger partial charge on any atom is 0.160 e. The van der Waals surface area contributed by atoms with Crippen LogP contribution in [-0.2, 0) is 6.42 Å². The Balaban J connectivity index is 2.00. The van der Waals surface area contributed by atoms with Crippen LogP contribution in [0.5, 0.6) is 11.5 Å². The molecule has 1 aliphatic rings. The van der Waals surface area contributed by atoms with Gasteiger partial charge in [-0.25, -0.2) is 0 Å². The average molecular weight is 291 g/mol. The number of hydrogen-bond acceptors (Lipinski definition) is 3. The first-order chi connectivity index (χ1) is 10.2. The van der Waals surface area contributed by atoms with Gasteiger partial charge >= 0.3 is 0 Å². The van der Waals surface area contributed by atoms with E-state index in [9.17, 15) is 0 Å². The minimum absolute atomic E-state index is 0.552. The van der Waals surface area contributed by atoms with Crippen LogP contribution in [0.1, 0.15) is 44.1 Å². The van der Waals surface area contributed by atoms with Crippen molar-refractivity contribution >= 4 is 0 Å². The molecule has 3 heteroatoms. The van der Waals surface area contributed by atoms with E-state index in [-0.39, 0.29) is 0 Å². The summed E-state index contributed by atoms with van der Waals surface area (Å²) in [5.74, 6) is 1.65. The molecule has 0 unspecified atom stereocenters. The smallest absolute Gasteiger partial charge is 0.160 e. The minimum atomic E-state index is 0.552. The van der Waals surface area contributed by atoms with E-state index < -0.39 is 0 Å². The van der Waals surface area contributed by atoms with Crippen LogP contribution in [0.15, 0.2) is 18.2 Å². The van der Waals surface area contributed by atoms with Crippen LogP contribution < -0.4 is 14.8 Å². The fraction of sp³-hybridized carbons (Fsp3) is 0.667. The summed E-state index contributed by atoms with van der Waals surface area (Å²) in [6.07, 6.45) is 9.29. The Morgan fingerprint density at radius 3 is 2.38 bits per heavy atom. The monoisotopic (exact) mass is 291 g/mol. The zero-order valence-corrected chi connectivity index (χ0v) is 13.7. The Kier molecular flexibility index (Phi) is 5.92. The normalized spacial score (nSPS) is 16.9. The van der Waals surface area contributed by atoms with Gasteiger partial charge in [0.25, 0.3) is 0 Å². The van der Waals surface area contributed by atoms with Crippen molar-refractivity contribution < 1.29 is 9.47 Å². The van der Waals surface area contributed by atoms with Crippen molar-refractivity contribution in [1.29, 1.82) is 0 Å². The maximum absolute atomic E-state index is 5.40. The van der Waals surface area contributed by atoms with Gasteiger partial charge in [0.1, 0.15) is 0 Å². The first-order valence-electron chi connectivity index (χ1n) is 8.08. The molecule has 118 valence electrons. The summed E-state index contributed by atoms with van der Waals surface area (Å²) in [5.41, 5.74) is 1.90. The van der Waals surface area contributed by atoms with E-state index in [4.69, 9.17) is 9.47 Å². The van der Waals surface area contributed by atoms with E-state index in [1.165, 1.54) is 44.1 Å². The summed E-state index contributed by atoms with van der Waals surface area (Å²) in [4.78, 5) is 0. The van der Waals surface area contributed by atoms with Crippen molar-refractivity contribution in [1.82, 2.24) is 5.32 Å². The number of aryl methyl sites for hydroxylation is 1. The predicted molar refractivity (Wildman–Crippen MR) is 87.3 cm³/mol. The Hall–Kier alpha value is -1.22. The van der Waals surface area contributed by atoms with Gasteiger partial charge in [-0.1, -0.05) is 18.9 Å². The Bertz CT molecular complexity index is 439. The summed E-state index contributed by atoms with van der Waals surface area (Å²) in [7, 11) is 5.44. The Labute approximate surface area is 129 Å². The predicted octanol–water partition coefficient (Wildman–Crippen LogP) is 3.81. The van der Waals surface area contributed by atoms with Gasteiger partial charge in [0.15, 0.2) is 11.5 Å². The highest BCUT2D eigenvalue weighted by Gasteiger charge is 2.32. The van der Waals surface area contributed by atoms with Crippen molar-refractivity contribution in [3.8, 4) is 11.5 Å². The number of nitrogens with one attached hydrogen (secondary N) is 1. The highest BCUT2D eigenvalue weighted by Crippen LogP contribution is 2.44. The highest BCUT2D eigenvalue weighted by atomic mass is 16.5. The third-order valence-corrected chi connectivity index (χ3v) is 4.96. The molecule has 3 nitrogen and oxygen atoms in total. The minimum Gasteiger partial charge on any atom is -0.493 e. The van der Waals surface area contributed by atoms with Gasteiger partial charge < -0.3 is 14.8 Å². The molecular formula is C18H29NO2. The second-order valence-corrected chi connectivity index (χ2v) is 6.25. The molecule has 0 aliphatic heterocycles. The SMILES string of the molecule is CNCCC1(CCc2ccc(OC)c(OC)c2)CCCC1. The molecule has 0 radical (unpaired) electrons. The summed E-state index contributed by atoms with van der Waals surface area (Å²) < 4.78 is 10.7.